The lowest BCUT2D eigenvalue weighted by Crippen LogP contribution is -2.22. The van der Waals surface area contributed by atoms with Crippen molar-refractivity contribution in [1.82, 2.24) is 0 Å². The average Bonchev–Trinajstić information content (AvgIpc) is 2.16. The monoisotopic (exact) mass is 256 g/mol. The summed E-state index contributed by atoms with van der Waals surface area (Å²) in [6.45, 7) is 7.17. The number of halogens is 1. The van der Waals surface area contributed by atoms with Crippen LogP contribution in [0.15, 0.2) is 0 Å². The van der Waals surface area contributed by atoms with Crippen molar-refractivity contribution in [2.24, 2.45) is 5.92 Å². The third-order valence-corrected chi connectivity index (χ3v) is 4.56. The molecule has 0 aromatic carbocycles. The molecule has 15 heavy (non-hydrogen) atoms. The van der Waals surface area contributed by atoms with Crippen LogP contribution >= 0.6 is 19.2 Å². The largest absolute Gasteiger partial charge is 0.398 e. The van der Waals surface area contributed by atoms with Crippen molar-refractivity contribution >= 4 is 24.7 Å². The van der Waals surface area contributed by atoms with Crippen LogP contribution in [0.4, 0.5) is 0 Å². The molecule has 0 aromatic heterocycles. The first-order chi connectivity index (χ1) is 6.89. The molecule has 0 aliphatic rings. The molecule has 6 heteroatoms. The second-order valence-corrected chi connectivity index (χ2v) is 5.74. The Balaban J connectivity index is 4.77. The molecule has 1 atom stereocenters. The smallest absolute Gasteiger partial charge is 0.303 e. The average molecular weight is 257 g/mol. The summed E-state index contributed by atoms with van der Waals surface area (Å²) in [6, 6.07) is 0. The van der Waals surface area contributed by atoms with E-state index in [2.05, 4.69) is 0 Å². The minimum absolute atomic E-state index is 0.103. The molecule has 0 amide bonds. The van der Waals surface area contributed by atoms with Gasteiger partial charge in [0.2, 0.25) is 0 Å². The van der Waals surface area contributed by atoms with Crippen LogP contribution in [0.5, 0.6) is 0 Å². The molecule has 0 rings (SSSR count). The van der Waals surface area contributed by atoms with Gasteiger partial charge in [-0.2, -0.15) is 0 Å². The van der Waals surface area contributed by atoms with Crippen molar-refractivity contribution in [3.05, 3.63) is 0 Å². The number of rotatable bonds is 7. The maximum absolute atomic E-state index is 12.0. The Morgan fingerprint density at radius 3 is 1.93 bits per heavy atom. The minimum Gasteiger partial charge on any atom is -0.303 e. The standard InChI is InChI=1S/C9H18ClO4P/c1-5-13-15(12,14-6-2)9(11)8(10)7(3)4/h7-8H,5-6H2,1-4H3. The molecule has 0 aliphatic carbocycles. The Labute approximate surface area is 95.8 Å². The van der Waals surface area contributed by atoms with Crippen LogP contribution in [0.3, 0.4) is 0 Å². The van der Waals surface area contributed by atoms with Crippen molar-refractivity contribution in [2.45, 2.75) is 33.1 Å². The van der Waals surface area contributed by atoms with Gasteiger partial charge in [0.15, 0.2) is 0 Å². The van der Waals surface area contributed by atoms with Gasteiger partial charge in [0.25, 0.3) is 5.52 Å². The van der Waals surface area contributed by atoms with Gasteiger partial charge in [0.05, 0.1) is 13.2 Å². The maximum atomic E-state index is 12.0. The van der Waals surface area contributed by atoms with Gasteiger partial charge in [0, 0.05) is 0 Å². The molecule has 0 N–H and O–H groups in total. The molecule has 0 saturated carbocycles. The number of carbonyl (C=O) groups excluding carboxylic acids is 1. The van der Waals surface area contributed by atoms with Gasteiger partial charge in [-0.25, -0.2) is 0 Å². The van der Waals surface area contributed by atoms with E-state index in [1.54, 1.807) is 27.7 Å². The second-order valence-electron chi connectivity index (χ2n) is 3.32. The summed E-state index contributed by atoms with van der Waals surface area (Å²) < 4.78 is 21.8. The fourth-order valence-corrected chi connectivity index (χ4v) is 2.91. The quantitative estimate of drug-likeness (QED) is 0.519. The Bertz CT molecular complexity index is 244. The highest BCUT2D eigenvalue weighted by Gasteiger charge is 2.39. The summed E-state index contributed by atoms with van der Waals surface area (Å²) in [5, 5.41) is -0.839. The third kappa shape index (κ3) is 4.23. The van der Waals surface area contributed by atoms with Crippen molar-refractivity contribution in [3.63, 3.8) is 0 Å². The molecule has 0 heterocycles. The van der Waals surface area contributed by atoms with Crippen LogP contribution in [-0.4, -0.2) is 24.1 Å². The summed E-state index contributed by atoms with van der Waals surface area (Å²) in [6.07, 6.45) is 0. The number of hydrogen-bond donors (Lipinski definition) is 0. The van der Waals surface area contributed by atoms with E-state index in [1.165, 1.54) is 0 Å². The van der Waals surface area contributed by atoms with Crippen LogP contribution in [0.2, 0.25) is 0 Å². The predicted molar refractivity (Wildman–Crippen MR) is 60.3 cm³/mol. The summed E-state index contributed by atoms with van der Waals surface area (Å²) in [5.41, 5.74) is -0.650. The van der Waals surface area contributed by atoms with Crippen LogP contribution in [0.1, 0.15) is 27.7 Å². The molecule has 0 bridgehead atoms. The van der Waals surface area contributed by atoms with E-state index in [0.717, 1.165) is 0 Å². The fourth-order valence-electron chi connectivity index (χ4n) is 0.941. The molecular formula is C9H18ClO4P. The van der Waals surface area contributed by atoms with Gasteiger partial charge in [0.1, 0.15) is 5.38 Å². The lowest BCUT2D eigenvalue weighted by Gasteiger charge is -2.19. The highest BCUT2D eigenvalue weighted by atomic mass is 35.5. The third-order valence-electron chi connectivity index (χ3n) is 1.69. The van der Waals surface area contributed by atoms with E-state index < -0.39 is 18.5 Å². The first-order valence-electron chi connectivity index (χ1n) is 4.96. The van der Waals surface area contributed by atoms with E-state index in [4.69, 9.17) is 20.6 Å². The zero-order valence-corrected chi connectivity index (χ0v) is 11.2. The van der Waals surface area contributed by atoms with Gasteiger partial charge in [-0.1, -0.05) is 13.8 Å². The van der Waals surface area contributed by atoms with Gasteiger partial charge >= 0.3 is 7.60 Å². The SMILES string of the molecule is CCOP(=O)(OCC)C(=O)C(Cl)C(C)C. The summed E-state index contributed by atoms with van der Waals surface area (Å²) >= 11 is 5.84. The van der Waals surface area contributed by atoms with Crippen molar-refractivity contribution in [2.75, 3.05) is 13.2 Å². The van der Waals surface area contributed by atoms with Gasteiger partial charge in [-0.05, 0) is 19.8 Å². The summed E-state index contributed by atoms with van der Waals surface area (Å²) in [5.74, 6) is -0.103. The molecule has 0 aliphatic heterocycles. The topological polar surface area (TPSA) is 52.6 Å². The number of hydrogen-bond acceptors (Lipinski definition) is 4. The molecule has 0 spiro atoms. The zero-order valence-electron chi connectivity index (χ0n) is 9.53. The minimum atomic E-state index is -3.69. The van der Waals surface area contributed by atoms with Gasteiger partial charge in [-0.3, -0.25) is 9.36 Å². The molecule has 0 saturated heterocycles. The lowest BCUT2D eigenvalue weighted by atomic mass is 10.1. The van der Waals surface area contributed by atoms with Crippen molar-refractivity contribution in [3.8, 4) is 0 Å². The lowest BCUT2D eigenvalue weighted by molar-refractivity contribution is -0.114. The number of carbonyl (C=O) groups is 1. The molecule has 90 valence electrons. The molecule has 1 unspecified atom stereocenters. The first kappa shape index (κ1) is 15.1. The van der Waals surface area contributed by atoms with Crippen LogP contribution in [0, 0.1) is 5.92 Å². The number of alkyl halides is 1. The Kier molecular flexibility index (Phi) is 6.69. The molecule has 4 nitrogen and oxygen atoms in total. The highest BCUT2D eigenvalue weighted by Crippen LogP contribution is 2.51. The predicted octanol–water partition coefficient (Wildman–Crippen LogP) is 3.04. The van der Waals surface area contributed by atoms with E-state index in [-0.39, 0.29) is 19.1 Å². The Hall–Kier alpha value is 0.110. The first-order valence-corrected chi connectivity index (χ1v) is 6.94. The normalized spacial score (nSPS) is 14.3. The van der Waals surface area contributed by atoms with Gasteiger partial charge in [-0.15, -0.1) is 11.6 Å². The van der Waals surface area contributed by atoms with Crippen LogP contribution in [-0.2, 0) is 18.4 Å². The fraction of sp³-hybridized carbons (Fsp3) is 0.889. The Morgan fingerprint density at radius 2 is 1.67 bits per heavy atom. The maximum Gasteiger partial charge on any atom is 0.398 e. The van der Waals surface area contributed by atoms with E-state index in [1.807, 2.05) is 0 Å². The molecule has 0 aromatic rings. The van der Waals surface area contributed by atoms with E-state index in [9.17, 15) is 9.36 Å². The van der Waals surface area contributed by atoms with Crippen molar-refractivity contribution < 1.29 is 18.4 Å². The van der Waals surface area contributed by atoms with E-state index in [0.29, 0.717) is 0 Å². The van der Waals surface area contributed by atoms with Crippen LogP contribution in [0.25, 0.3) is 0 Å². The van der Waals surface area contributed by atoms with Crippen molar-refractivity contribution in [1.29, 1.82) is 0 Å². The molecule has 0 radical (unpaired) electrons. The second kappa shape index (κ2) is 6.64. The summed E-state index contributed by atoms with van der Waals surface area (Å²) in [7, 11) is -3.69. The van der Waals surface area contributed by atoms with E-state index >= 15 is 0 Å². The zero-order chi connectivity index (χ0) is 12.1. The highest BCUT2D eigenvalue weighted by molar-refractivity contribution is 7.72. The molecular weight excluding hydrogens is 239 g/mol. The molecule has 0 fully saturated rings. The Morgan fingerprint density at radius 1 is 1.27 bits per heavy atom. The summed E-state index contributed by atoms with van der Waals surface area (Å²) in [4.78, 5) is 11.7. The van der Waals surface area contributed by atoms with Crippen LogP contribution < -0.4 is 0 Å². The van der Waals surface area contributed by atoms with Gasteiger partial charge < -0.3 is 9.05 Å².